The van der Waals surface area contributed by atoms with Gasteiger partial charge in [0.1, 0.15) is 17.9 Å². The lowest BCUT2D eigenvalue weighted by molar-refractivity contribution is 0.241. The van der Waals surface area contributed by atoms with Crippen molar-refractivity contribution in [3.8, 4) is 5.75 Å². The lowest BCUT2D eigenvalue weighted by atomic mass is 10.2. The molecule has 3 rings (SSSR count). The Morgan fingerprint density at radius 1 is 1.19 bits per heavy atom. The molecule has 1 aliphatic heterocycles. The third-order valence-corrected chi connectivity index (χ3v) is 3.96. The van der Waals surface area contributed by atoms with Gasteiger partial charge in [0.15, 0.2) is 0 Å². The lowest BCUT2D eigenvalue weighted by Gasteiger charge is -2.35. The second-order valence-electron chi connectivity index (χ2n) is 5.32. The van der Waals surface area contributed by atoms with Gasteiger partial charge in [-0.1, -0.05) is 6.07 Å². The summed E-state index contributed by atoms with van der Waals surface area (Å²) in [7, 11) is 3.69. The van der Waals surface area contributed by atoms with E-state index < -0.39 is 0 Å². The number of ether oxygens (including phenoxy) is 1. The predicted molar refractivity (Wildman–Crippen MR) is 81.5 cm³/mol. The molecule has 1 fully saturated rings. The fraction of sp³-hybridized carbons (Fsp3) is 0.467. The maximum atomic E-state index is 5.30. The maximum Gasteiger partial charge on any atom is 0.146 e. The zero-order valence-electron chi connectivity index (χ0n) is 12.6. The van der Waals surface area contributed by atoms with E-state index in [2.05, 4.69) is 32.1 Å². The molecule has 0 amide bonds. The van der Waals surface area contributed by atoms with Crippen LogP contribution >= 0.6 is 0 Å². The molecule has 1 saturated heterocycles. The van der Waals surface area contributed by atoms with E-state index in [0.29, 0.717) is 0 Å². The minimum Gasteiger partial charge on any atom is -0.497 e. The Morgan fingerprint density at radius 2 is 2.00 bits per heavy atom. The highest BCUT2D eigenvalue weighted by Gasteiger charge is 2.18. The fourth-order valence-electron chi connectivity index (χ4n) is 2.62. The van der Waals surface area contributed by atoms with Gasteiger partial charge in [-0.05, 0) is 12.1 Å². The van der Waals surface area contributed by atoms with Crippen LogP contribution in [0.25, 0.3) is 0 Å². The van der Waals surface area contributed by atoms with Gasteiger partial charge in [-0.15, -0.1) is 10.2 Å². The molecule has 0 unspecified atom stereocenters. The zero-order valence-corrected chi connectivity index (χ0v) is 12.6. The van der Waals surface area contributed by atoms with E-state index in [4.69, 9.17) is 4.74 Å². The molecule has 112 valence electrons. The molecule has 0 radical (unpaired) electrons. The van der Waals surface area contributed by atoms with Gasteiger partial charge in [0, 0.05) is 45.0 Å². The number of aryl methyl sites for hydroxylation is 1. The molecule has 6 nitrogen and oxygen atoms in total. The van der Waals surface area contributed by atoms with Crippen LogP contribution in [0.4, 0.5) is 5.69 Å². The van der Waals surface area contributed by atoms with Gasteiger partial charge >= 0.3 is 0 Å². The third-order valence-electron chi connectivity index (χ3n) is 3.96. The standard InChI is InChI=1S/C15H21N5O/c1-18-12-16-17-15(18)11-19-6-8-20(9-7-19)13-4-3-5-14(10-13)21-2/h3-5,10,12H,6-9,11H2,1-2H3. The number of anilines is 1. The molecule has 6 heteroatoms. The zero-order chi connectivity index (χ0) is 14.7. The molecule has 0 bridgehead atoms. The maximum absolute atomic E-state index is 5.30. The van der Waals surface area contributed by atoms with Gasteiger partial charge in [0.2, 0.25) is 0 Å². The van der Waals surface area contributed by atoms with Gasteiger partial charge in [-0.25, -0.2) is 0 Å². The second-order valence-corrected chi connectivity index (χ2v) is 5.32. The first-order chi connectivity index (χ1) is 10.3. The summed E-state index contributed by atoms with van der Waals surface area (Å²) in [5, 5.41) is 8.08. The van der Waals surface area contributed by atoms with E-state index in [9.17, 15) is 0 Å². The Balaban J connectivity index is 1.58. The van der Waals surface area contributed by atoms with Crippen LogP contribution in [-0.2, 0) is 13.6 Å². The van der Waals surface area contributed by atoms with Crippen LogP contribution in [0.1, 0.15) is 5.82 Å². The van der Waals surface area contributed by atoms with Crippen molar-refractivity contribution in [2.45, 2.75) is 6.54 Å². The van der Waals surface area contributed by atoms with Crippen molar-refractivity contribution < 1.29 is 4.74 Å². The Kier molecular flexibility index (Phi) is 4.06. The number of rotatable bonds is 4. The summed E-state index contributed by atoms with van der Waals surface area (Å²) in [6, 6.07) is 8.26. The van der Waals surface area contributed by atoms with E-state index >= 15 is 0 Å². The van der Waals surface area contributed by atoms with Gasteiger partial charge in [0.05, 0.1) is 13.7 Å². The fourth-order valence-corrected chi connectivity index (χ4v) is 2.62. The van der Waals surface area contributed by atoms with Crippen LogP contribution in [0.3, 0.4) is 0 Å². The van der Waals surface area contributed by atoms with Crippen LogP contribution < -0.4 is 9.64 Å². The number of benzene rings is 1. The van der Waals surface area contributed by atoms with Crippen molar-refractivity contribution in [3.05, 3.63) is 36.4 Å². The molecule has 1 aromatic carbocycles. The average molecular weight is 287 g/mol. The van der Waals surface area contributed by atoms with Crippen LogP contribution in [-0.4, -0.2) is 53.0 Å². The Morgan fingerprint density at radius 3 is 2.67 bits per heavy atom. The van der Waals surface area contributed by atoms with Crippen LogP contribution in [0.2, 0.25) is 0 Å². The van der Waals surface area contributed by atoms with Crippen molar-refractivity contribution in [2.75, 3.05) is 38.2 Å². The first-order valence-corrected chi connectivity index (χ1v) is 7.20. The largest absolute Gasteiger partial charge is 0.497 e. The van der Waals surface area contributed by atoms with Gasteiger partial charge in [-0.2, -0.15) is 0 Å². The lowest BCUT2D eigenvalue weighted by Crippen LogP contribution is -2.46. The van der Waals surface area contributed by atoms with Gasteiger partial charge in [0.25, 0.3) is 0 Å². The summed E-state index contributed by atoms with van der Waals surface area (Å²) >= 11 is 0. The molecule has 0 saturated carbocycles. The van der Waals surface area contributed by atoms with Crippen molar-refractivity contribution in [1.29, 1.82) is 0 Å². The number of hydrogen-bond acceptors (Lipinski definition) is 5. The van der Waals surface area contributed by atoms with E-state index in [1.807, 2.05) is 23.7 Å². The Labute approximate surface area is 124 Å². The number of hydrogen-bond donors (Lipinski definition) is 0. The summed E-state index contributed by atoms with van der Waals surface area (Å²) in [6.45, 7) is 4.96. The van der Waals surface area contributed by atoms with Gasteiger partial charge < -0.3 is 14.2 Å². The van der Waals surface area contributed by atoms with Crippen molar-refractivity contribution in [2.24, 2.45) is 7.05 Å². The SMILES string of the molecule is COc1cccc(N2CCN(Cc3nncn3C)CC2)c1. The quantitative estimate of drug-likeness (QED) is 0.844. The number of piperazine rings is 1. The van der Waals surface area contributed by atoms with E-state index in [1.54, 1.807) is 13.4 Å². The highest BCUT2D eigenvalue weighted by Crippen LogP contribution is 2.22. The molecule has 1 aromatic heterocycles. The van der Waals surface area contributed by atoms with Crippen LogP contribution in [0, 0.1) is 0 Å². The number of methoxy groups -OCH3 is 1. The first kappa shape index (κ1) is 13.9. The molecule has 0 atom stereocenters. The third kappa shape index (κ3) is 3.16. The monoisotopic (exact) mass is 287 g/mol. The topological polar surface area (TPSA) is 46.4 Å². The Bertz CT molecular complexity index is 589. The summed E-state index contributed by atoms with van der Waals surface area (Å²) < 4.78 is 7.28. The smallest absolute Gasteiger partial charge is 0.146 e. The van der Waals surface area contributed by atoms with Crippen molar-refractivity contribution >= 4 is 5.69 Å². The minimum absolute atomic E-state index is 0.864. The number of aromatic nitrogens is 3. The van der Waals surface area contributed by atoms with E-state index in [-0.39, 0.29) is 0 Å². The predicted octanol–water partition coefficient (Wildman–Crippen LogP) is 1.15. The van der Waals surface area contributed by atoms with Crippen LogP contribution in [0.5, 0.6) is 5.75 Å². The minimum atomic E-state index is 0.864. The van der Waals surface area contributed by atoms with E-state index in [0.717, 1.165) is 44.3 Å². The normalized spacial score (nSPS) is 16.2. The molecule has 21 heavy (non-hydrogen) atoms. The molecule has 0 aliphatic carbocycles. The molecule has 0 spiro atoms. The first-order valence-electron chi connectivity index (χ1n) is 7.20. The van der Waals surface area contributed by atoms with Crippen molar-refractivity contribution in [1.82, 2.24) is 19.7 Å². The second kappa shape index (κ2) is 6.13. The van der Waals surface area contributed by atoms with Crippen LogP contribution in [0.15, 0.2) is 30.6 Å². The molecule has 0 N–H and O–H groups in total. The molecular weight excluding hydrogens is 266 g/mol. The highest BCUT2D eigenvalue weighted by atomic mass is 16.5. The highest BCUT2D eigenvalue weighted by molar-refractivity contribution is 5.51. The summed E-state index contributed by atoms with van der Waals surface area (Å²) in [5.74, 6) is 1.93. The van der Waals surface area contributed by atoms with Crippen molar-refractivity contribution in [3.63, 3.8) is 0 Å². The van der Waals surface area contributed by atoms with E-state index in [1.165, 1.54) is 5.69 Å². The number of nitrogens with zero attached hydrogens (tertiary/aromatic N) is 5. The molecule has 2 aromatic rings. The molecule has 2 heterocycles. The molecular formula is C15H21N5O. The average Bonchev–Trinajstić information content (AvgIpc) is 2.93. The summed E-state index contributed by atoms with van der Waals surface area (Å²) in [4.78, 5) is 4.82. The molecule has 1 aliphatic rings. The summed E-state index contributed by atoms with van der Waals surface area (Å²) in [5.41, 5.74) is 1.23. The van der Waals surface area contributed by atoms with Gasteiger partial charge in [-0.3, -0.25) is 4.90 Å². The summed E-state index contributed by atoms with van der Waals surface area (Å²) in [6.07, 6.45) is 1.75. The Hall–Kier alpha value is -2.08.